The molecule has 0 radical (unpaired) electrons. The highest BCUT2D eigenvalue weighted by Crippen LogP contribution is 2.30. The summed E-state index contributed by atoms with van der Waals surface area (Å²) >= 11 is 3.31. The van der Waals surface area contributed by atoms with Crippen molar-refractivity contribution in [2.45, 2.75) is 25.2 Å². The summed E-state index contributed by atoms with van der Waals surface area (Å²) in [6, 6.07) is 3.29. The van der Waals surface area contributed by atoms with Gasteiger partial charge in [0.25, 0.3) is 0 Å². The van der Waals surface area contributed by atoms with Gasteiger partial charge in [-0.3, -0.25) is 0 Å². The minimum atomic E-state index is -3.41. The standard InChI is InChI=1S/C12H17BrN2O2S/c1-8-3-4-15(7-8)18(16,17)12-6-11(14)10(13)5-9(12)2/h5-6,8H,3-4,7,14H2,1-2H3. The lowest BCUT2D eigenvalue weighted by Crippen LogP contribution is -2.29. The van der Waals surface area contributed by atoms with E-state index in [9.17, 15) is 8.42 Å². The van der Waals surface area contributed by atoms with Gasteiger partial charge in [0, 0.05) is 23.2 Å². The molecule has 0 saturated carbocycles. The Morgan fingerprint density at radius 3 is 2.67 bits per heavy atom. The summed E-state index contributed by atoms with van der Waals surface area (Å²) in [4.78, 5) is 0.317. The lowest BCUT2D eigenvalue weighted by molar-refractivity contribution is 0.464. The monoisotopic (exact) mass is 332 g/mol. The minimum Gasteiger partial charge on any atom is -0.398 e. The number of hydrogen-bond donors (Lipinski definition) is 1. The van der Waals surface area contributed by atoms with Gasteiger partial charge in [0.1, 0.15) is 0 Å². The van der Waals surface area contributed by atoms with Gasteiger partial charge in [-0.2, -0.15) is 4.31 Å². The lowest BCUT2D eigenvalue weighted by atomic mass is 10.2. The van der Waals surface area contributed by atoms with Gasteiger partial charge in [0.15, 0.2) is 0 Å². The van der Waals surface area contributed by atoms with Crippen LogP contribution in [-0.2, 0) is 10.0 Å². The second-order valence-corrected chi connectivity index (χ2v) is 7.66. The molecule has 0 aliphatic carbocycles. The molecule has 2 rings (SSSR count). The van der Waals surface area contributed by atoms with E-state index < -0.39 is 10.0 Å². The first kappa shape index (κ1) is 13.8. The number of nitrogens with two attached hydrogens (primary N) is 1. The number of nitrogens with zero attached hydrogens (tertiary/aromatic N) is 1. The molecule has 1 fully saturated rings. The predicted molar refractivity (Wildman–Crippen MR) is 75.8 cm³/mol. The number of sulfonamides is 1. The number of nitrogen functional groups attached to an aromatic ring is 1. The van der Waals surface area contributed by atoms with Crippen molar-refractivity contribution in [1.29, 1.82) is 0 Å². The van der Waals surface area contributed by atoms with Gasteiger partial charge in [-0.25, -0.2) is 8.42 Å². The molecule has 0 amide bonds. The van der Waals surface area contributed by atoms with Crippen LogP contribution in [0.3, 0.4) is 0 Å². The van der Waals surface area contributed by atoms with Gasteiger partial charge in [-0.15, -0.1) is 0 Å². The van der Waals surface area contributed by atoms with Crippen LogP contribution in [0.25, 0.3) is 0 Å². The molecule has 4 nitrogen and oxygen atoms in total. The smallest absolute Gasteiger partial charge is 0.243 e. The fraction of sp³-hybridized carbons (Fsp3) is 0.500. The quantitative estimate of drug-likeness (QED) is 0.845. The van der Waals surface area contributed by atoms with Gasteiger partial charge in [0.2, 0.25) is 10.0 Å². The molecule has 0 bridgehead atoms. The largest absolute Gasteiger partial charge is 0.398 e. The maximum atomic E-state index is 12.5. The Morgan fingerprint density at radius 1 is 1.44 bits per heavy atom. The number of benzene rings is 1. The molecule has 1 saturated heterocycles. The van der Waals surface area contributed by atoms with Crippen molar-refractivity contribution >= 4 is 31.6 Å². The number of halogens is 1. The van der Waals surface area contributed by atoms with Gasteiger partial charge in [-0.1, -0.05) is 6.92 Å². The molecule has 2 N–H and O–H groups in total. The molecule has 1 heterocycles. The molecule has 1 aliphatic rings. The second-order valence-electron chi connectivity index (χ2n) is 4.90. The van der Waals surface area contributed by atoms with E-state index in [2.05, 4.69) is 22.9 Å². The molecule has 1 aromatic rings. The van der Waals surface area contributed by atoms with Crippen LogP contribution in [0.2, 0.25) is 0 Å². The zero-order valence-corrected chi connectivity index (χ0v) is 12.9. The van der Waals surface area contributed by atoms with Crippen molar-refractivity contribution in [1.82, 2.24) is 4.31 Å². The van der Waals surface area contributed by atoms with Crippen LogP contribution in [0.15, 0.2) is 21.5 Å². The molecule has 6 heteroatoms. The first-order valence-electron chi connectivity index (χ1n) is 5.88. The number of hydrogen-bond acceptors (Lipinski definition) is 3. The van der Waals surface area contributed by atoms with Gasteiger partial charge < -0.3 is 5.73 Å². The van der Waals surface area contributed by atoms with Crippen LogP contribution in [0.4, 0.5) is 5.69 Å². The van der Waals surface area contributed by atoms with Crippen LogP contribution in [0.1, 0.15) is 18.9 Å². The maximum Gasteiger partial charge on any atom is 0.243 e. The first-order chi connectivity index (χ1) is 8.32. The van der Waals surface area contributed by atoms with E-state index >= 15 is 0 Å². The molecular weight excluding hydrogens is 316 g/mol. The molecule has 1 atom stereocenters. The molecule has 1 unspecified atom stereocenters. The average molecular weight is 333 g/mol. The second kappa shape index (κ2) is 4.83. The molecule has 1 aliphatic heterocycles. The highest BCUT2D eigenvalue weighted by atomic mass is 79.9. The molecule has 1 aromatic carbocycles. The molecular formula is C12H17BrN2O2S. The fourth-order valence-electron chi connectivity index (χ4n) is 2.20. The molecule has 100 valence electrons. The third kappa shape index (κ3) is 2.41. The third-order valence-electron chi connectivity index (χ3n) is 3.30. The Kier molecular flexibility index (Phi) is 3.71. The van der Waals surface area contributed by atoms with Crippen LogP contribution in [-0.4, -0.2) is 25.8 Å². The molecule has 0 spiro atoms. The van der Waals surface area contributed by atoms with Gasteiger partial charge in [-0.05, 0) is 52.9 Å². The van der Waals surface area contributed by atoms with Crippen molar-refractivity contribution in [2.75, 3.05) is 18.8 Å². The minimum absolute atomic E-state index is 0.317. The van der Waals surface area contributed by atoms with E-state index in [1.807, 2.05) is 0 Å². The Balaban J connectivity index is 2.45. The summed E-state index contributed by atoms with van der Waals surface area (Å²) in [5.74, 6) is 0.424. The highest BCUT2D eigenvalue weighted by molar-refractivity contribution is 9.10. The summed E-state index contributed by atoms with van der Waals surface area (Å²) < 4.78 is 27.3. The van der Waals surface area contributed by atoms with E-state index in [-0.39, 0.29) is 0 Å². The molecule has 18 heavy (non-hydrogen) atoms. The van der Waals surface area contributed by atoms with Crippen LogP contribution in [0, 0.1) is 12.8 Å². The van der Waals surface area contributed by atoms with E-state index in [0.29, 0.717) is 29.6 Å². The SMILES string of the molecule is Cc1cc(Br)c(N)cc1S(=O)(=O)N1CCC(C)C1. The maximum absolute atomic E-state index is 12.5. The van der Waals surface area contributed by atoms with Crippen molar-refractivity contribution in [3.05, 3.63) is 22.2 Å². The van der Waals surface area contributed by atoms with Crippen molar-refractivity contribution < 1.29 is 8.42 Å². The van der Waals surface area contributed by atoms with Crippen molar-refractivity contribution in [2.24, 2.45) is 5.92 Å². The Hall–Kier alpha value is -0.590. The zero-order chi connectivity index (χ0) is 13.5. The number of aryl methyl sites for hydroxylation is 1. The first-order valence-corrected chi connectivity index (χ1v) is 8.11. The molecule has 0 aromatic heterocycles. The highest BCUT2D eigenvalue weighted by Gasteiger charge is 2.31. The summed E-state index contributed by atoms with van der Waals surface area (Å²) in [6.45, 7) is 5.05. The van der Waals surface area contributed by atoms with E-state index in [1.165, 1.54) is 6.07 Å². The number of anilines is 1. The Morgan fingerprint density at radius 2 is 2.11 bits per heavy atom. The zero-order valence-electron chi connectivity index (χ0n) is 10.5. The van der Waals surface area contributed by atoms with Crippen LogP contribution in [0.5, 0.6) is 0 Å². The van der Waals surface area contributed by atoms with Crippen molar-refractivity contribution in [3.63, 3.8) is 0 Å². The summed E-state index contributed by atoms with van der Waals surface area (Å²) in [6.07, 6.45) is 0.921. The van der Waals surface area contributed by atoms with Gasteiger partial charge >= 0.3 is 0 Å². The lowest BCUT2D eigenvalue weighted by Gasteiger charge is -2.18. The van der Waals surface area contributed by atoms with E-state index in [0.717, 1.165) is 16.5 Å². The van der Waals surface area contributed by atoms with E-state index in [1.54, 1.807) is 17.3 Å². The van der Waals surface area contributed by atoms with E-state index in [4.69, 9.17) is 5.73 Å². The summed E-state index contributed by atoms with van der Waals surface area (Å²) in [5.41, 5.74) is 6.95. The van der Waals surface area contributed by atoms with Crippen LogP contribution < -0.4 is 5.73 Å². The van der Waals surface area contributed by atoms with Crippen molar-refractivity contribution in [3.8, 4) is 0 Å². The fourth-order valence-corrected chi connectivity index (χ4v) is 4.47. The third-order valence-corrected chi connectivity index (χ3v) is 5.99. The summed E-state index contributed by atoms with van der Waals surface area (Å²) in [5, 5.41) is 0. The Bertz CT molecular complexity index is 572. The van der Waals surface area contributed by atoms with Crippen LogP contribution >= 0.6 is 15.9 Å². The Labute approximate surface area is 116 Å². The normalized spacial score (nSPS) is 21.4. The predicted octanol–water partition coefficient (Wildman–Crippen LogP) is 2.37. The van der Waals surface area contributed by atoms with Gasteiger partial charge in [0.05, 0.1) is 4.90 Å². The summed E-state index contributed by atoms with van der Waals surface area (Å²) in [7, 11) is -3.41. The average Bonchev–Trinajstić information content (AvgIpc) is 2.70. The topological polar surface area (TPSA) is 63.4 Å². The number of rotatable bonds is 2.